The number of nitrogens with one attached hydrogen (secondary N) is 1. The number of rotatable bonds is 5. The van der Waals surface area contributed by atoms with Crippen molar-refractivity contribution in [3.05, 3.63) is 73.9 Å². The van der Waals surface area contributed by atoms with Crippen molar-refractivity contribution < 1.29 is 9.72 Å². The fourth-order valence-corrected chi connectivity index (χ4v) is 3.19. The second-order valence-corrected chi connectivity index (χ2v) is 6.54. The fraction of sp³-hybridized carbons (Fsp3) is 0. The van der Waals surface area contributed by atoms with Gasteiger partial charge in [-0.1, -0.05) is 6.07 Å². The van der Waals surface area contributed by atoms with Gasteiger partial charge in [-0.25, -0.2) is 4.98 Å². The first-order valence-electron chi connectivity index (χ1n) is 6.84. The van der Waals surface area contributed by atoms with Crippen LogP contribution in [0.25, 0.3) is 11.6 Å². The van der Waals surface area contributed by atoms with Gasteiger partial charge in [-0.2, -0.15) is 0 Å². The Kier molecular flexibility index (Phi) is 4.78. The van der Waals surface area contributed by atoms with Gasteiger partial charge in [0, 0.05) is 34.2 Å². The molecule has 2 aromatic heterocycles. The van der Waals surface area contributed by atoms with Crippen LogP contribution >= 0.6 is 22.7 Å². The summed E-state index contributed by atoms with van der Waals surface area (Å²) in [4.78, 5) is 27.9. The standard InChI is InChI=1S/C16H11N3O3S2/c20-15(18-16-17-7-9-24-16)14(10-13-2-1-8-23-13)11-3-5-12(6-4-11)19(21)22/h1-10H,(H,17,18,20). The number of hydrogen-bond acceptors (Lipinski definition) is 6. The Balaban J connectivity index is 1.95. The van der Waals surface area contributed by atoms with Crippen LogP contribution in [0.1, 0.15) is 10.4 Å². The number of benzene rings is 1. The Morgan fingerprint density at radius 1 is 1.17 bits per heavy atom. The molecule has 0 radical (unpaired) electrons. The third-order valence-corrected chi connectivity index (χ3v) is 4.62. The van der Waals surface area contributed by atoms with Gasteiger partial charge in [-0.05, 0) is 35.2 Å². The number of nitro benzene ring substituents is 1. The van der Waals surface area contributed by atoms with Crippen molar-refractivity contribution in [3.8, 4) is 0 Å². The van der Waals surface area contributed by atoms with Crippen LogP contribution in [0.15, 0.2) is 53.4 Å². The molecule has 1 aromatic carbocycles. The highest BCUT2D eigenvalue weighted by molar-refractivity contribution is 7.13. The predicted octanol–water partition coefficient (Wildman–Crippen LogP) is 4.29. The van der Waals surface area contributed by atoms with E-state index >= 15 is 0 Å². The van der Waals surface area contributed by atoms with Gasteiger partial charge < -0.3 is 0 Å². The summed E-state index contributed by atoms with van der Waals surface area (Å²) in [6, 6.07) is 9.69. The lowest BCUT2D eigenvalue weighted by molar-refractivity contribution is -0.384. The van der Waals surface area contributed by atoms with Crippen LogP contribution in [0.5, 0.6) is 0 Å². The van der Waals surface area contributed by atoms with Crippen molar-refractivity contribution in [2.24, 2.45) is 0 Å². The monoisotopic (exact) mass is 357 g/mol. The van der Waals surface area contributed by atoms with Gasteiger partial charge in [0.25, 0.3) is 11.6 Å². The van der Waals surface area contributed by atoms with E-state index in [9.17, 15) is 14.9 Å². The summed E-state index contributed by atoms with van der Waals surface area (Å²) < 4.78 is 0. The average Bonchev–Trinajstić information content (AvgIpc) is 3.26. The van der Waals surface area contributed by atoms with Crippen LogP contribution < -0.4 is 5.32 Å². The van der Waals surface area contributed by atoms with Crippen molar-refractivity contribution in [2.75, 3.05) is 5.32 Å². The molecule has 3 aromatic rings. The molecule has 0 saturated carbocycles. The number of thiophene rings is 1. The molecule has 24 heavy (non-hydrogen) atoms. The minimum atomic E-state index is -0.470. The van der Waals surface area contributed by atoms with E-state index in [1.807, 2.05) is 17.5 Å². The first-order chi connectivity index (χ1) is 11.6. The molecule has 0 fully saturated rings. The molecular formula is C16H11N3O3S2. The zero-order chi connectivity index (χ0) is 16.9. The molecule has 0 atom stereocenters. The highest BCUT2D eigenvalue weighted by Crippen LogP contribution is 2.25. The molecule has 120 valence electrons. The first kappa shape index (κ1) is 16.0. The van der Waals surface area contributed by atoms with Gasteiger partial charge >= 0.3 is 0 Å². The summed E-state index contributed by atoms with van der Waals surface area (Å²) in [6.07, 6.45) is 3.36. The van der Waals surface area contributed by atoms with Gasteiger partial charge in [0.15, 0.2) is 5.13 Å². The zero-order valence-electron chi connectivity index (χ0n) is 12.2. The fourth-order valence-electron chi connectivity index (χ4n) is 2.01. The second kappa shape index (κ2) is 7.16. The number of carbonyl (C=O) groups is 1. The normalized spacial score (nSPS) is 11.2. The quantitative estimate of drug-likeness (QED) is 0.419. The first-order valence-corrected chi connectivity index (χ1v) is 8.60. The molecule has 0 spiro atoms. The highest BCUT2D eigenvalue weighted by Gasteiger charge is 2.15. The minimum Gasteiger partial charge on any atom is -0.298 e. The summed E-state index contributed by atoms with van der Waals surface area (Å²) in [7, 11) is 0. The second-order valence-electron chi connectivity index (χ2n) is 4.67. The molecule has 0 aliphatic rings. The average molecular weight is 357 g/mol. The van der Waals surface area contributed by atoms with E-state index in [4.69, 9.17) is 0 Å². The maximum atomic E-state index is 12.6. The summed E-state index contributed by atoms with van der Waals surface area (Å²) >= 11 is 2.82. The highest BCUT2D eigenvalue weighted by atomic mass is 32.1. The minimum absolute atomic E-state index is 0.0189. The van der Waals surface area contributed by atoms with Gasteiger partial charge in [0.05, 0.1) is 4.92 Å². The van der Waals surface area contributed by atoms with Crippen molar-refractivity contribution in [1.82, 2.24) is 4.98 Å². The SMILES string of the molecule is O=C(Nc1nccs1)C(=Cc1cccs1)c1ccc([N+](=O)[O-])cc1. The third-order valence-electron chi connectivity index (χ3n) is 3.12. The lowest BCUT2D eigenvalue weighted by atomic mass is 10.0. The number of thiazole rings is 1. The number of carbonyl (C=O) groups excluding carboxylic acids is 1. The van der Waals surface area contributed by atoms with Crippen molar-refractivity contribution in [3.63, 3.8) is 0 Å². The molecule has 0 bridgehead atoms. The number of nitrogens with zero attached hydrogens (tertiary/aromatic N) is 2. The molecule has 0 saturated heterocycles. The van der Waals surface area contributed by atoms with Crippen LogP contribution in [0, 0.1) is 10.1 Å². The van der Waals surface area contributed by atoms with Crippen molar-refractivity contribution in [2.45, 2.75) is 0 Å². The van der Waals surface area contributed by atoms with E-state index in [0.717, 1.165) is 4.88 Å². The van der Waals surface area contributed by atoms with Gasteiger partial charge in [-0.3, -0.25) is 20.2 Å². The Bertz CT molecular complexity index is 870. The third kappa shape index (κ3) is 3.73. The largest absolute Gasteiger partial charge is 0.298 e. The molecule has 1 N–H and O–H groups in total. The van der Waals surface area contributed by atoms with Crippen molar-refractivity contribution in [1.29, 1.82) is 0 Å². The summed E-state index contributed by atoms with van der Waals surface area (Å²) in [5, 5.41) is 17.7. The molecule has 6 nitrogen and oxygen atoms in total. The molecule has 0 aliphatic heterocycles. The van der Waals surface area contributed by atoms with Crippen LogP contribution in [0.3, 0.4) is 0 Å². The topological polar surface area (TPSA) is 85.1 Å². The van der Waals surface area contributed by atoms with E-state index in [1.165, 1.54) is 34.8 Å². The van der Waals surface area contributed by atoms with E-state index < -0.39 is 4.92 Å². The Hall–Kier alpha value is -2.84. The maximum absolute atomic E-state index is 12.6. The van der Waals surface area contributed by atoms with E-state index in [2.05, 4.69) is 10.3 Å². The molecule has 0 unspecified atom stereocenters. The summed E-state index contributed by atoms with van der Waals surface area (Å²) in [6.45, 7) is 0. The Labute approximate surface area is 145 Å². The van der Waals surface area contributed by atoms with E-state index in [-0.39, 0.29) is 11.6 Å². The number of hydrogen-bond donors (Lipinski definition) is 1. The van der Waals surface area contributed by atoms with Crippen molar-refractivity contribution >= 4 is 51.0 Å². The molecule has 0 aliphatic carbocycles. The summed E-state index contributed by atoms with van der Waals surface area (Å²) in [5.41, 5.74) is 1.00. The Morgan fingerprint density at radius 2 is 1.96 bits per heavy atom. The van der Waals surface area contributed by atoms with Gasteiger partial charge in [0.1, 0.15) is 0 Å². The number of amides is 1. The molecule has 1 amide bonds. The lowest BCUT2D eigenvalue weighted by Crippen LogP contribution is -2.13. The molecule has 8 heteroatoms. The van der Waals surface area contributed by atoms with E-state index in [0.29, 0.717) is 16.3 Å². The summed E-state index contributed by atoms with van der Waals surface area (Å²) in [5.74, 6) is -0.313. The van der Waals surface area contributed by atoms with Crippen LogP contribution in [-0.4, -0.2) is 15.8 Å². The van der Waals surface area contributed by atoms with Crippen LogP contribution in [-0.2, 0) is 4.79 Å². The number of aromatic nitrogens is 1. The molecule has 2 heterocycles. The smallest absolute Gasteiger partial charge is 0.269 e. The lowest BCUT2D eigenvalue weighted by Gasteiger charge is -2.07. The number of anilines is 1. The van der Waals surface area contributed by atoms with Crippen LogP contribution in [0.4, 0.5) is 10.8 Å². The zero-order valence-corrected chi connectivity index (χ0v) is 13.8. The van der Waals surface area contributed by atoms with E-state index in [1.54, 1.807) is 29.8 Å². The van der Waals surface area contributed by atoms with Crippen LogP contribution in [0.2, 0.25) is 0 Å². The molecular weight excluding hydrogens is 346 g/mol. The van der Waals surface area contributed by atoms with Gasteiger partial charge in [0.2, 0.25) is 0 Å². The predicted molar refractivity (Wildman–Crippen MR) is 96.0 cm³/mol. The maximum Gasteiger partial charge on any atom is 0.269 e. The number of nitro groups is 1. The van der Waals surface area contributed by atoms with Gasteiger partial charge in [-0.15, -0.1) is 22.7 Å². The number of non-ortho nitro benzene ring substituents is 1. The Morgan fingerprint density at radius 3 is 2.54 bits per heavy atom. The molecule has 3 rings (SSSR count).